The van der Waals surface area contributed by atoms with Crippen LogP contribution in [-0.2, 0) is 4.79 Å². The van der Waals surface area contributed by atoms with E-state index < -0.39 is 16.3 Å². The minimum Gasteiger partial charge on any atom is -0.481 e. The fourth-order valence-electron chi connectivity index (χ4n) is 2.28. The molecule has 0 amide bonds. The van der Waals surface area contributed by atoms with Crippen molar-refractivity contribution in [2.75, 3.05) is 0 Å². The van der Waals surface area contributed by atoms with Gasteiger partial charge < -0.3 is 5.11 Å². The lowest BCUT2D eigenvalue weighted by Crippen LogP contribution is -2.01. The summed E-state index contributed by atoms with van der Waals surface area (Å²) < 4.78 is 0. The highest BCUT2D eigenvalue weighted by Crippen LogP contribution is 2.37. The van der Waals surface area contributed by atoms with Crippen LogP contribution in [0.25, 0.3) is 11.1 Å². The summed E-state index contributed by atoms with van der Waals surface area (Å²) in [7, 11) is 0. The Morgan fingerprint density at radius 3 is 2.36 bits per heavy atom. The molecule has 1 atom stereocenters. The van der Waals surface area contributed by atoms with Gasteiger partial charge in [0.25, 0.3) is 5.69 Å². The molecule has 1 N–H and O–H groups in total. The summed E-state index contributed by atoms with van der Waals surface area (Å²) in [4.78, 5) is 21.4. The van der Waals surface area contributed by atoms with E-state index in [1.54, 1.807) is 42.5 Å². The number of halogens is 1. The van der Waals surface area contributed by atoms with Crippen LogP contribution in [0, 0.1) is 10.1 Å². The summed E-state index contributed by atoms with van der Waals surface area (Å²) in [6, 6.07) is 13.5. The van der Waals surface area contributed by atoms with Crippen LogP contribution >= 0.6 is 11.6 Å². The van der Waals surface area contributed by atoms with Gasteiger partial charge in [0, 0.05) is 12.5 Å². The second-order valence-corrected chi connectivity index (χ2v) is 5.29. The topological polar surface area (TPSA) is 80.4 Å². The highest BCUT2D eigenvalue weighted by Gasteiger charge is 2.20. The van der Waals surface area contributed by atoms with Gasteiger partial charge in [-0.1, -0.05) is 36.4 Å². The summed E-state index contributed by atoms with van der Waals surface area (Å²) in [5, 5.41) is 19.4. The molecule has 0 fully saturated rings. The Morgan fingerprint density at radius 2 is 1.73 bits per heavy atom. The van der Waals surface area contributed by atoms with Gasteiger partial charge in [-0.25, -0.2) is 0 Å². The molecule has 5 nitrogen and oxygen atoms in total. The summed E-state index contributed by atoms with van der Waals surface area (Å²) in [5.41, 5.74) is 1.82. The van der Waals surface area contributed by atoms with Gasteiger partial charge in [0.1, 0.15) is 0 Å². The molecule has 0 spiro atoms. The summed E-state index contributed by atoms with van der Waals surface area (Å²) in [5.74, 6) is -0.922. The van der Waals surface area contributed by atoms with Crippen molar-refractivity contribution in [2.45, 2.75) is 18.2 Å². The van der Waals surface area contributed by atoms with Gasteiger partial charge >= 0.3 is 5.97 Å². The molecule has 2 rings (SSSR count). The third-order valence-corrected chi connectivity index (χ3v) is 3.75. The zero-order valence-electron chi connectivity index (χ0n) is 11.6. The smallest absolute Gasteiger partial charge is 0.303 e. The number of aliphatic carboxylic acids is 1. The molecular weight excluding hydrogens is 306 g/mol. The molecule has 0 bridgehead atoms. The predicted octanol–water partition coefficient (Wildman–Crippen LogP) is 4.41. The summed E-state index contributed by atoms with van der Waals surface area (Å²) in [6.07, 6.45) is 0.202. The Kier molecular flexibility index (Phi) is 5.12. The number of nitro groups is 1. The van der Waals surface area contributed by atoms with Gasteiger partial charge in [-0.2, -0.15) is 0 Å². The van der Waals surface area contributed by atoms with Crippen molar-refractivity contribution in [3.63, 3.8) is 0 Å². The number of nitrogens with zero attached hydrogens (tertiary/aromatic N) is 1. The Hall–Kier alpha value is -2.40. The molecule has 0 aliphatic carbocycles. The Morgan fingerprint density at radius 1 is 1.14 bits per heavy atom. The normalized spacial score (nSPS) is 11.9. The maximum atomic E-state index is 11.2. The van der Waals surface area contributed by atoms with E-state index in [1.807, 2.05) is 0 Å². The highest BCUT2D eigenvalue weighted by atomic mass is 35.5. The van der Waals surface area contributed by atoms with E-state index in [-0.39, 0.29) is 18.5 Å². The number of carbonyl (C=O) groups is 1. The molecule has 0 saturated carbocycles. The van der Waals surface area contributed by atoms with E-state index in [0.29, 0.717) is 16.7 Å². The lowest BCUT2D eigenvalue weighted by Gasteiger charge is -2.14. The second kappa shape index (κ2) is 7.04. The van der Waals surface area contributed by atoms with Crippen LogP contribution in [0.5, 0.6) is 0 Å². The zero-order chi connectivity index (χ0) is 16.1. The molecule has 0 saturated heterocycles. The van der Waals surface area contributed by atoms with Gasteiger partial charge in [0.15, 0.2) is 0 Å². The van der Waals surface area contributed by atoms with Crippen LogP contribution in [0.4, 0.5) is 5.69 Å². The number of para-hydroxylation sites is 1. The molecule has 2 aromatic rings. The van der Waals surface area contributed by atoms with E-state index in [1.165, 1.54) is 6.07 Å². The number of carboxylic acids is 1. The monoisotopic (exact) mass is 319 g/mol. The first kappa shape index (κ1) is 16.0. The average Bonchev–Trinajstić information content (AvgIpc) is 2.52. The van der Waals surface area contributed by atoms with Crippen LogP contribution in [0.15, 0.2) is 48.5 Å². The largest absolute Gasteiger partial charge is 0.481 e. The Bertz CT molecular complexity index is 702. The van der Waals surface area contributed by atoms with Gasteiger partial charge in [0.05, 0.1) is 15.9 Å². The standard InChI is InChI=1S/C16H14ClNO4/c17-14(9-10-16(19)20)12-6-2-1-5-11(12)13-7-3-4-8-15(13)18(21)22/h1-8,14H,9-10H2,(H,19,20). The van der Waals surface area contributed by atoms with E-state index in [2.05, 4.69) is 0 Å². The number of alkyl halides is 1. The number of hydrogen-bond acceptors (Lipinski definition) is 3. The number of rotatable bonds is 6. The van der Waals surface area contributed by atoms with Crippen molar-refractivity contribution in [3.05, 3.63) is 64.2 Å². The van der Waals surface area contributed by atoms with Crippen molar-refractivity contribution < 1.29 is 14.8 Å². The van der Waals surface area contributed by atoms with Crippen molar-refractivity contribution in [1.29, 1.82) is 0 Å². The second-order valence-electron chi connectivity index (χ2n) is 4.76. The van der Waals surface area contributed by atoms with Gasteiger partial charge in [-0.15, -0.1) is 11.6 Å². The zero-order valence-corrected chi connectivity index (χ0v) is 12.4. The molecule has 6 heteroatoms. The average molecular weight is 320 g/mol. The van der Waals surface area contributed by atoms with E-state index in [9.17, 15) is 14.9 Å². The minimum atomic E-state index is -0.922. The highest BCUT2D eigenvalue weighted by molar-refractivity contribution is 6.21. The van der Waals surface area contributed by atoms with E-state index in [0.717, 1.165) is 0 Å². The van der Waals surface area contributed by atoms with Gasteiger partial charge in [-0.05, 0) is 23.6 Å². The van der Waals surface area contributed by atoms with Crippen molar-refractivity contribution >= 4 is 23.3 Å². The first-order valence-corrected chi connectivity index (χ1v) is 7.13. The molecule has 1 unspecified atom stereocenters. The first-order valence-electron chi connectivity index (χ1n) is 6.69. The van der Waals surface area contributed by atoms with Crippen molar-refractivity contribution in [2.24, 2.45) is 0 Å². The van der Waals surface area contributed by atoms with Crippen LogP contribution in [0.2, 0.25) is 0 Å². The maximum Gasteiger partial charge on any atom is 0.303 e. The fourth-order valence-corrected chi connectivity index (χ4v) is 2.58. The van der Waals surface area contributed by atoms with E-state index in [4.69, 9.17) is 16.7 Å². The lowest BCUT2D eigenvalue weighted by atomic mass is 9.95. The third kappa shape index (κ3) is 3.62. The lowest BCUT2D eigenvalue weighted by molar-refractivity contribution is -0.384. The SMILES string of the molecule is O=C(O)CCC(Cl)c1ccccc1-c1ccccc1[N+](=O)[O-]. The summed E-state index contributed by atoms with van der Waals surface area (Å²) in [6.45, 7) is 0. The van der Waals surface area contributed by atoms with E-state index >= 15 is 0 Å². The van der Waals surface area contributed by atoms with Crippen molar-refractivity contribution in [3.8, 4) is 11.1 Å². The maximum absolute atomic E-state index is 11.2. The Labute approximate surface area is 132 Å². The summed E-state index contributed by atoms with van der Waals surface area (Å²) >= 11 is 6.30. The number of hydrogen-bond donors (Lipinski definition) is 1. The van der Waals surface area contributed by atoms with Gasteiger partial charge in [0.2, 0.25) is 0 Å². The molecule has 114 valence electrons. The molecule has 0 aliphatic rings. The third-order valence-electron chi connectivity index (χ3n) is 3.30. The number of nitro benzene ring substituents is 1. The first-order chi connectivity index (χ1) is 10.5. The predicted molar refractivity (Wildman–Crippen MR) is 84.0 cm³/mol. The molecule has 22 heavy (non-hydrogen) atoms. The molecule has 0 aliphatic heterocycles. The Balaban J connectivity index is 2.45. The quantitative estimate of drug-likeness (QED) is 0.486. The van der Waals surface area contributed by atoms with Crippen LogP contribution in [0.1, 0.15) is 23.8 Å². The number of benzene rings is 2. The van der Waals surface area contributed by atoms with Crippen LogP contribution in [0.3, 0.4) is 0 Å². The van der Waals surface area contributed by atoms with Crippen LogP contribution < -0.4 is 0 Å². The fraction of sp³-hybridized carbons (Fsp3) is 0.188. The number of carboxylic acid groups (broad SMARTS) is 1. The molecular formula is C16H14ClNO4. The van der Waals surface area contributed by atoms with Gasteiger partial charge in [-0.3, -0.25) is 14.9 Å². The minimum absolute atomic E-state index is 0.00273. The van der Waals surface area contributed by atoms with Crippen molar-refractivity contribution in [1.82, 2.24) is 0 Å². The molecule has 0 radical (unpaired) electrons. The molecule has 2 aromatic carbocycles. The van der Waals surface area contributed by atoms with Crippen LogP contribution in [-0.4, -0.2) is 16.0 Å². The molecule has 0 heterocycles. The molecule has 0 aromatic heterocycles.